The third kappa shape index (κ3) is 2.16. The van der Waals surface area contributed by atoms with Crippen molar-refractivity contribution in [2.45, 2.75) is 38.1 Å². The molecule has 94 valence electrons. The SMILES string of the molecule is CCC1(Nc2cc(OC)c(N)cc2F)CCC1. The van der Waals surface area contributed by atoms with Crippen molar-refractivity contribution in [1.29, 1.82) is 0 Å². The molecule has 0 amide bonds. The number of anilines is 2. The Morgan fingerprint density at radius 3 is 2.65 bits per heavy atom. The zero-order valence-corrected chi connectivity index (χ0v) is 10.3. The van der Waals surface area contributed by atoms with Crippen LogP contribution in [0.5, 0.6) is 5.75 Å². The van der Waals surface area contributed by atoms with Crippen LogP contribution in [0, 0.1) is 5.82 Å². The van der Waals surface area contributed by atoms with Crippen molar-refractivity contribution in [3.05, 3.63) is 17.9 Å². The lowest BCUT2D eigenvalue weighted by atomic mass is 9.74. The van der Waals surface area contributed by atoms with Crippen molar-refractivity contribution in [3.63, 3.8) is 0 Å². The van der Waals surface area contributed by atoms with Crippen LogP contribution in [0.25, 0.3) is 0 Å². The van der Waals surface area contributed by atoms with E-state index < -0.39 is 0 Å². The first-order chi connectivity index (χ1) is 8.10. The second-order valence-electron chi connectivity index (χ2n) is 4.69. The molecule has 0 bridgehead atoms. The fraction of sp³-hybridized carbons (Fsp3) is 0.538. The fourth-order valence-electron chi connectivity index (χ4n) is 2.30. The Labute approximate surface area is 101 Å². The molecule has 0 radical (unpaired) electrons. The highest BCUT2D eigenvalue weighted by atomic mass is 19.1. The Kier molecular flexibility index (Phi) is 3.13. The summed E-state index contributed by atoms with van der Waals surface area (Å²) in [6, 6.07) is 2.95. The summed E-state index contributed by atoms with van der Waals surface area (Å²) >= 11 is 0. The molecule has 3 N–H and O–H groups in total. The number of hydrogen-bond acceptors (Lipinski definition) is 3. The molecule has 1 aliphatic rings. The van der Waals surface area contributed by atoms with Gasteiger partial charge in [0.05, 0.1) is 18.5 Å². The second kappa shape index (κ2) is 4.43. The van der Waals surface area contributed by atoms with Crippen LogP contribution in [0.4, 0.5) is 15.8 Å². The van der Waals surface area contributed by atoms with Crippen molar-refractivity contribution in [3.8, 4) is 5.75 Å². The normalized spacial score (nSPS) is 17.4. The molecule has 0 heterocycles. The van der Waals surface area contributed by atoms with E-state index in [1.807, 2.05) is 0 Å². The van der Waals surface area contributed by atoms with E-state index in [1.165, 1.54) is 19.6 Å². The summed E-state index contributed by atoms with van der Waals surface area (Å²) in [4.78, 5) is 0. The predicted octanol–water partition coefficient (Wildman–Crippen LogP) is 3.16. The molecule has 0 aliphatic heterocycles. The maximum Gasteiger partial charge on any atom is 0.148 e. The van der Waals surface area contributed by atoms with E-state index in [9.17, 15) is 4.39 Å². The van der Waals surface area contributed by atoms with E-state index in [2.05, 4.69) is 12.2 Å². The number of nitrogens with one attached hydrogen (secondary N) is 1. The van der Waals surface area contributed by atoms with Crippen LogP contribution in [0.3, 0.4) is 0 Å². The summed E-state index contributed by atoms with van der Waals surface area (Å²) in [7, 11) is 1.53. The Morgan fingerprint density at radius 2 is 2.18 bits per heavy atom. The first kappa shape index (κ1) is 12.0. The maximum absolute atomic E-state index is 13.8. The van der Waals surface area contributed by atoms with Gasteiger partial charge in [-0.25, -0.2) is 4.39 Å². The summed E-state index contributed by atoms with van der Waals surface area (Å²) in [6.07, 6.45) is 4.39. The molecule has 3 nitrogen and oxygen atoms in total. The lowest BCUT2D eigenvalue weighted by Crippen LogP contribution is -2.44. The molecule has 1 aromatic rings. The topological polar surface area (TPSA) is 47.3 Å². The molecule has 1 saturated carbocycles. The standard InChI is InChI=1S/C13H19FN2O/c1-3-13(5-4-6-13)16-11-8-12(17-2)10(15)7-9(11)14/h7-8,16H,3-6,15H2,1-2H3. The molecule has 1 aromatic carbocycles. The number of benzene rings is 1. The van der Waals surface area contributed by atoms with Crippen molar-refractivity contribution in [1.82, 2.24) is 0 Å². The van der Waals surface area contributed by atoms with E-state index in [0.717, 1.165) is 19.3 Å². The van der Waals surface area contributed by atoms with Gasteiger partial charge in [-0.05, 0) is 25.7 Å². The minimum Gasteiger partial charge on any atom is -0.495 e. The Bertz CT molecular complexity index is 411. The molecule has 1 aliphatic carbocycles. The second-order valence-corrected chi connectivity index (χ2v) is 4.69. The highest BCUT2D eigenvalue weighted by Crippen LogP contribution is 2.39. The predicted molar refractivity (Wildman–Crippen MR) is 67.9 cm³/mol. The summed E-state index contributed by atoms with van der Waals surface area (Å²) in [6.45, 7) is 2.12. The molecule has 17 heavy (non-hydrogen) atoms. The molecule has 0 saturated heterocycles. The van der Waals surface area contributed by atoms with Gasteiger partial charge in [-0.2, -0.15) is 0 Å². The Hall–Kier alpha value is -1.45. The van der Waals surface area contributed by atoms with Gasteiger partial charge in [0.15, 0.2) is 0 Å². The zero-order chi connectivity index (χ0) is 12.5. The van der Waals surface area contributed by atoms with Crippen molar-refractivity contribution in [2.75, 3.05) is 18.2 Å². The number of methoxy groups -OCH3 is 1. The van der Waals surface area contributed by atoms with Gasteiger partial charge in [0.25, 0.3) is 0 Å². The molecule has 0 atom stereocenters. The lowest BCUT2D eigenvalue weighted by molar-refractivity contribution is 0.268. The third-order valence-electron chi connectivity index (χ3n) is 3.71. The molecule has 2 rings (SSSR count). The van der Waals surface area contributed by atoms with Crippen molar-refractivity contribution in [2.24, 2.45) is 0 Å². The van der Waals surface area contributed by atoms with E-state index in [0.29, 0.717) is 17.1 Å². The fourth-order valence-corrected chi connectivity index (χ4v) is 2.30. The maximum atomic E-state index is 13.8. The minimum atomic E-state index is -0.317. The van der Waals surface area contributed by atoms with Crippen LogP contribution in [0.1, 0.15) is 32.6 Å². The van der Waals surface area contributed by atoms with E-state index >= 15 is 0 Å². The monoisotopic (exact) mass is 238 g/mol. The Balaban J connectivity index is 2.26. The molecule has 4 heteroatoms. The first-order valence-corrected chi connectivity index (χ1v) is 6.01. The van der Waals surface area contributed by atoms with Gasteiger partial charge < -0.3 is 15.8 Å². The molecule has 0 unspecified atom stereocenters. The number of halogens is 1. The molecule has 1 fully saturated rings. The van der Waals surface area contributed by atoms with Crippen molar-refractivity contribution < 1.29 is 9.13 Å². The average molecular weight is 238 g/mol. The highest BCUT2D eigenvalue weighted by Gasteiger charge is 2.35. The van der Waals surface area contributed by atoms with Crippen LogP contribution in [0.15, 0.2) is 12.1 Å². The minimum absolute atomic E-state index is 0.0575. The van der Waals surface area contributed by atoms with Gasteiger partial charge in [0.2, 0.25) is 0 Å². The van der Waals surface area contributed by atoms with Crippen LogP contribution in [0.2, 0.25) is 0 Å². The number of ether oxygens (including phenoxy) is 1. The summed E-state index contributed by atoms with van der Waals surface area (Å²) < 4.78 is 18.9. The van der Waals surface area contributed by atoms with Gasteiger partial charge in [-0.1, -0.05) is 6.92 Å². The number of nitrogens with two attached hydrogens (primary N) is 1. The number of nitrogen functional groups attached to an aromatic ring is 1. The summed E-state index contributed by atoms with van der Waals surface area (Å²) in [5.74, 6) is 0.197. The highest BCUT2D eigenvalue weighted by molar-refractivity contribution is 5.63. The van der Waals surface area contributed by atoms with Gasteiger partial charge in [-0.15, -0.1) is 0 Å². The Morgan fingerprint density at radius 1 is 1.47 bits per heavy atom. The molecular formula is C13H19FN2O. The third-order valence-corrected chi connectivity index (χ3v) is 3.71. The summed E-state index contributed by atoms with van der Waals surface area (Å²) in [5.41, 5.74) is 6.52. The van der Waals surface area contributed by atoms with E-state index in [4.69, 9.17) is 10.5 Å². The summed E-state index contributed by atoms with van der Waals surface area (Å²) in [5, 5.41) is 3.30. The average Bonchev–Trinajstić information content (AvgIpc) is 2.26. The quantitative estimate of drug-likeness (QED) is 0.792. The number of hydrogen-bond donors (Lipinski definition) is 2. The van der Waals surface area contributed by atoms with Gasteiger partial charge in [-0.3, -0.25) is 0 Å². The first-order valence-electron chi connectivity index (χ1n) is 6.01. The van der Waals surface area contributed by atoms with Gasteiger partial charge in [0.1, 0.15) is 11.6 Å². The van der Waals surface area contributed by atoms with Crippen LogP contribution in [-0.4, -0.2) is 12.6 Å². The van der Waals surface area contributed by atoms with Gasteiger partial charge >= 0.3 is 0 Å². The smallest absolute Gasteiger partial charge is 0.148 e. The largest absolute Gasteiger partial charge is 0.495 e. The molecule has 0 aromatic heterocycles. The van der Waals surface area contributed by atoms with Gasteiger partial charge in [0, 0.05) is 17.7 Å². The lowest BCUT2D eigenvalue weighted by Gasteiger charge is -2.43. The van der Waals surface area contributed by atoms with E-state index in [1.54, 1.807) is 6.07 Å². The number of rotatable bonds is 4. The van der Waals surface area contributed by atoms with E-state index in [-0.39, 0.29) is 11.4 Å². The zero-order valence-electron chi connectivity index (χ0n) is 10.3. The van der Waals surface area contributed by atoms with Crippen LogP contribution < -0.4 is 15.8 Å². The molecule has 0 spiro atoms. The van der Waals surface area contributed by atoms with Crippen molar-refractivity contribution >= 4 is 11.4 Å². The van der Waals surface area contributed by atoms with Crippen LogP contribution >= 0.6 is 0 Å². The van der Waals surface area contributed by atoms with Crippen LogP contribution in [-0.2, 0) is 0 Å². The molecular weight excluding hydrogens is 219 g/mol.